The maximum Gasteiger partial charge on any atom is 0.145 e. The molecule has 0 N–H and O–H groups in total. The van der Waals surface area contributed by atoms with Crippen LogP contribution in [0.15, 0.2) is 60.7 Å². The predicted molar refractivity (Wildman–Crippen MR) is 98.6 cm³/mol. The second-order valence-electron chi connectivity index (χ2n) is 6.04. The number of rotatable bonds is 9. The van der Waals surface area contributed by atoms with Gasteiger partial charge >= 0.3 is 0 Å². The van der Waals surface area contributed by atoms with Crippen LogP contribution in [0.4, 0.5) is 0 Å². The third-order valence-electron chi connectivity index (χ3n) is 4.31. The van der Waals surface area contributed by atoms with Gasteiger partial charge in [0.05, 0.1) is 0 Å². The molecule has 0 aliphatic heterocycles. The number of alkyl halides is 1. The molecule has 0 aliphatic rings. The highest BCUT2D eigenvalue weighted by Gasteiger charge is 2.28. The van der Waals surface area contributed by atoms with E-state index >= 15 is 0 Å². The summed E-state index contributed by atoms with van der Waals surface area (Å²) in [5, 5.41) is 0. The summed E-state index contributed by atoms with van der Waals surface area (Å²) in [6.07, 6.45) is 4.28. The molecule has 1 nitrogen and oxygen atoms in total. The molecule has 2 aromatic carbocycles. The van der Waals surface area contributed by atoms with Crippen LogP contribution in [0.1, 0.15) is 24.0 Å². The third-order valence-corrected chi connectivity index (χ3v) is 5.16. The molecule has 2 rings (SSSR count). The minimum Gasteiger partial charge on any atom is -0.427 e. The molecule has 0 radical (unpaired) electrons. The Bertz CT molecular complexity index is 486. The molecule has 0 aliphatic carbocycles. The molecular weight excluding hydrogens is 308 g/mol. The second-order valence-corrected chi connectivity index (χ2v) is 6.88. The van der Waals surface area contributed by atoms with Crippen molar-refractivity contribution in [3.05, 3.63) is 71.8 Å². The SMILES string of the molecule is [SiH3]OCC(CCl)(CCc1ccccc1)CCc1ccccc1. The van der Waals surface area contributed by atoms with Crippen LogP contribution in [0.3, 0.4) is 0 Å². The zero-order valence-electron chi connectivity index (χ0n) is 13.3. The average Bonchev–Trinajstić information content (AvgIpc) is 2.59. The van der Waals surface area contributed by atoms with Gasteiger partial charge in [-0.15, -0.1) is 11.6 Å². The van der Waals surface area contributed by atoms with Crippen molar-refractivity contribution < 1.29 is 4.43 Å². The summed E-state index contributed by atoms with van der Waals surface area (Å²) in [6.45, 7) is 0.780. The lowest BCUT2D eigenvalue weighted by Gasteiger charge is -2.32. The van der Waals surface area contributed by atoms with Gasteiger partial charge in [0, 0.05) is 17.9 Å². The van der Waals surface area contributed by atoms with Gasteiger partial charge in [0.15, 0.2) is 0 Å². The Morgan fingerprint density at radius 1 is 0.818 bits per heavy atom. The molecule has 0 saturated carbocycles. The first-order chi connectivity index (χ1) is 10.8. The quantitative estimate of drug-likeness (QED) is 0.501. The topological polar surface area (TPSA) is 9.23 Å². The Morgan fingerprint density at radius 3 is 1.64 bits per heavy atom. The number of halogens is 1. The van der Waals surface area contributed by atoms with Crippen molar-refractivity contribution in [2.45, 2.75) is 25.7 Å². The van der Waals surface area contributed by atoms with Gasteiger partial charge in [0.25, 0.3) is 0 Å². The van der Waals surface area contributed by atoms with Crippen LogP contribution in [0.2, 0.25) is 0 Å². The van der Waals surface area contributed by atoms with Gasteiger partial charge in [0.1, 0.15) is 10.5 Å². The van der Waals surface area contributed by atoms with Crippen LogP contribution in [0.25, 0.3) is 0 Å². The van der Waals surface area contributed by atoms with Crippen LogP contribution in [-0.2, 0) is 17.3 Å². The maximum absolute atomic E-state index is 6.37. The van der Waals surface area contributed by atoms with Gasteiger partial charge in [-0.25, -0.2) is 0 Å². The van der Waals surface area contributed by atoms with Crippen molar-refractivity contribution in [2.24, 2.45) is 5.41 Å². The Morgan fingerprint density at radius 2 is 1.27 bits per heavy atom. The molecule has 0 unspecified atom stereocenters. The summed E-state index contributed by atoms with van der Waals surface area (Å²) in [5.74, 6) is 0.662. The highest BCUT2D eigenvalue weighted by Crippen LogP contribution is 2.32. The second kappa shape index (κ2) is 9.14. The van der Waals surface area contributed by atoms with Crippen LogP contribution in [0, 0.1) is 5.41 Å². The molecule has 3 heteroatoms. The van der Waals surface area contributed by atoms with Crippen LogP contribution in [0.5, 0.6) is 0 Å². The largest absolute Gasteiger partial charge is 0.427 e. The third kappa shape index (κ3) is 5.27. The number of hydrogen-bond donors (Lipinski definition) is 0. The van der Waals surface area contributed by atoms with Crippen molar-refractivity contribution in [1.82, 2.24) is 0 Å². The predicted octanol–water partition coefficient (Wildman–Crippen LogP) is 3.77. The maximum atomic E-state index is 6.37. The summed E-state index contributed by atoms with van der Waals surface area (Å²) >= 11 is 6.37. The van der Waals surface area contributed by atoms with Crippen molar-refractivity contribution >= 4 is 22.1 Å². The van der Waals surface area contributed by atoms with E-state index in [1.807, 2.05) is 0 Å². The highest BCUT2D eigenvalue weighted by molar-refractivity contribution is 6.18. The van der Waals surface area contributed by atoms with Gasteiger partial charge in [-0.3, -0.25) is 0 Å². The highest BCUT2D eigenvalue weighted by atomic mass is 35.5. The monoisotopic (exact) mass is 332 g/mol. The number of hydrogen-bond acceptors (Lipinski definition) is 1. The molecule has 0 atom stereocenters. The zero-order valence-corrected chi connectivity index (χ0v) is 16.1. The summed E-state index contributed by atoms with van der Waals surface area (Å²) in [7, 11) is 0.770. The van der Waals surface area contributed by atoms with Crippen LogP contribution < -0.4 is 0 Å². The van der Waals surface area contributed by atoms with E-state index < -0.39 is 0 Å². The van der Waals surface area contributed by atoms with E-state index in [0.717, 1.165) is 42.8 Å². The van der Waals surface area contributed by atoms with Gasteiger partial charge in [0.2, 0.25) is 0 Å². The molecule has 118 valence electrons. The molecule has 2 aromatic rings. The van der Waals surface area contributed by atoms with E-state index in [4.69, 9.17) is 16.0 Å². The number of aryl methyl sites for hydroxylation is 2. The van der Waals surface area contributed by atoms with Crippen molar-refractivity contribution in [3.8, 4) is 0 Å². The smallest absolute Gasteiger partial charge is 0.145 e. The molecule has 0 fully saturated rings. The lowest BCUT2D eigenvalue weighted by Crippen LogP contribution is -2.30. The lowest BCUT2D eigenvalue weighted by molar-refractivity contribution is 0.154. The summed E-state index contributed by atoms with van der Waals surface area (Å²) < 4.78 is 5.63. The molecule has 0 spiro atoms. The van der Waals surface area contributed by atoms with Crippen molar-refractivity contribution in [1.29, 1.82) is 0 Å². The fraction of sp³-hybridized carbons (Fsp3) is 0.368. The van der Waals surface area contributed by atoms with Crippen LogP contribution in [-0.4, -0.2) is 23.0 Å². The lowest BCUT2D eigenvalue weighted by atomic mass is 9.79. The van der Waals surface area contributed by atoms with E-state index in [9.17, 15) is 0 Å². The Labute approximate surface area is 142 Å². The van der Waals surface area contributed by atoms with E-state index in [-0.39, 0.29) is 5.41 Å². The Hall–Kier alpha value is -1.09. The first-order valence-electron chi connectivity index (χ1n) is 7.91. The minimum atomic E-state index is 0.0784. The van der Waals surface area contributed by atoms with Gasteiger partial charge in [-0.1, -0.05) is 60.7 Å². The van der Waals surface area contributed by atoms with Gasteiger partial charge < -0.3 is 4.43 Å². The molecule has 0 bridgehead atoms. The summed E-state index contributed by atoms with van der Waals surface area (Å²) in [4.78, 5) is 0. The van der Waals surface area contributed by atoms with Crippen LogP contribution >= 0.6 is 11.6 Å². The normalized spacial score (nSPS) is 11.7. The number of benzene rings is 2. The summed E-state index contributed by atoms with van der Waals surface area (Å²) in [6, 6.07) is 21.3. The first kappa shape index (κ1) is 17.3. The van der Waals surface area contributed by atoms with E-state index in [0.29, 0.717) is 5.88 Å². The molecular formula is C19H25ClOSi. The average molecular weight is 333 g/mol. The molecule has 0 saturated heterocycles. The Kier molecular flexibility index (Phi) is 7.17. The fourth-order valence-corrected chi connectivity index (χ4v) is 3.81. The first-order valence-corrected chi connectivity index (χ1v) is 9.26. The molecule has 0 aromatic heterocycles. The van der Waals surface area contributed by atoms with E-state index in [2.05, 4.69) is 60.7 Å². The van der Waals surface area contributed by atoms with Gasteiger partial charge in [-0.2, -0.15) is 0 Å². The molecule has 22 heavy (non-hydrogen) atoms. The van der Waals surface area contributed by atoms with Crippen molar-refractivity contribution in [3.63, 3.8) is 0 Å². The minimum absolute atomic E-state index is 0.0784. The Balaban J connectivity index is 1.99. The summed E-state index contributed by atoms with van der Waals surface area (Å²) in [5.41, 5.74) is 2.84. The molecule has 0 heterocycles. The van der Waals surface area contributed by atoms with E-state index in [1.54, 1.807) is 0 Å². The van der Waals surface area contributed by atoms with Crippen molar-refractivity contribution in [2.75, 3.05) is 12.5 Å². The fourth-order valence-electron chi connectivity index (χ4n) is 2.86. The van der Waals surface area contributed by atoms with E-state index in [1.165, 1.54) is 11.1 Å². The zero-order chi connectivity index (χ0) is 15.7. The van der Waals surface area contributed by atoms with Gasteiger partial charge in [-0.05, 0) is 36.8 Å². The standard InChI is InChI=1S/C19H25ClOSi/c20-15-19(16-21-22,13-11-17-7-3-1-4-8-17)14-12-18-9-5-2-6-10-18/h1-10H,11-16H2,22H3. The molecule has 0 amide bonds.